The van der Waals surface area contributed by atoms with Gasteiger partial charge in [0.15, 0.2) is 11.5 Å². The Morgan fingerprint density at radius 3 is 2.71 bits per heavy atom. The first-order valence-electron chi connectivity index (χ1n) is 6.90. The topological polar surface area (TPSA) is 54.3 Å². The Bertz CT molecular complexity index is 650. The van der Waals surface area contributed by atoms with E-state index in [-0.39, 0.29) is 12.7 Å². The fraction of sp³-hybridized carbons (Fsp3) is 0.235. The molecular formula is C17H16N2O2. The number of nitrogens with zero attached hydrogens (tertiary/aromatic N) is 1. The minimum Gasteiger partial charge on any atom is -0.454 e. The van der Waals surface area contributed by atoms with Crippen LogP contribution in [0.25, 0.3) is 0 Å². The predicted molar refractivity (Wildman–Crippen MR) is 79.1 cm³/mol. The molecule has 0 amide bonds. The van der Waals surface area contributed by atoms with E-state index in [1.54, 1.807) is 0 Å². The second kappa shape index (κ2) is 6.29. The maximum Gasteiger partial charge on any atom is 0.231 e. The molecule has 0 saturated carbocycles. The molecule has 3 rings (SSSR count). The van der Waals surface area contributed by atoms with Crippen LogP contribution in [0.15, 0.2) is 48.5 Å². The Labute approximate surface area is 123 Å². The fourth-order valence-electron chi connectivity index (χ4n) is 2.34. The smallest absolute Gasteiger partial charge is 0.231 e. The maximum atomic E-state index is 9.28. The average molecular weight is 280 g/mol. The number of fused-ring (bicyclic) bond motifs is 1. The number of rotatable bonds is 5. The fourth-order valence-corrected chi connectivity index (χ4v) is 2.34. The summed E-state index contributed by atoms with van der Waals surface area (Å²) >= 11 is 0. The molecule has 1 N–H and O–H groups in total. The summed E-state index contributed by atoms with van der Waals surface area (Å²) in [5.74, 6) is 1.44. The molecule has 4 heteroatoms. The zero-order chi connectivity index (χ0) is 14.5. The third-order valence-corrected chi connectivity index (χ3v) is 3.47. The lowest BCUT2D eigenvalue weighted by molar-refractivity contribution is 0.174. The van der Waals surface area contributed by atoms with Gasteiger partial charge in [-0.15, -0.1) is 0 Å². The maximum absolute atomic E-state index is 9.28. The van der Waals surface area contributed by atoms with Crippen molar-refractivity contribution >= 4 is 0 Å². The van der Waals surface area contributed by atoms with E-state index in [0.717, 1.165) is 22.6 Å². The van der Waals surface area contributed by atoms with E-state index in [1.165, 1.54) is 0 Å². The summed E-state index contributed by atoms with van der Waals surface area (Å²) in [5, 5.41) is 12.6. The lowest BCUT2D eigenvalue weighted by atomic mass is 10.0. The second-order valence-electron chi connectivity index (χ2n) is 4.91. The predicted octanol–water partition coefficient (Wildman–Crippen LogP) is 2.81. The summed E-state index contributed by atoms with van der Waals surface area (Å²) in [5.41, 5.74) is 2.15. The molecule has 0 aliphatic carbocycles. The molecule has 0 spiro atoms. The molecule has 1 unspecified atom stereocenters. The highest BCUT2D eigenvalue weighted by atomic mass is 16.7. The highest BCUT2D eigenvalue weighted by molar-refractivity contribution is 5.44. The Morgan fingerprint density at radius 2 is 1.90 bits per heavy atom. The quantitative estimate of drug-likeness (QED) is 0.915. The third kappa shape index (κ3) is 3.15. The van der Waals surface area contributed by atoms with E-state index in [4.69, 9.17) is 9.47 Å². The highest BCUT2D eigenvalue weighted by Crippen LogP contribution is 2.32. The summed E-state index contributed by atoms with van der Waals surface area (Å²) in [7, 11) is 0. The number of benzene rings is 2. The Morgan fingerprint density at radius 1 is 1.10 bits per heavy atom. The molecule has 0 saturated heterocycles. The molecule has 4 nitrogen and oxygen atoms in total. The number of nitriles is 1. The monoisotopic (exact) mass is 280 g/mol. The first-order chi connectivity index (χ1) is 10.4. The van der Waals surface area contributed by atoms with Gasteiger partial charge in [-0.1, -0.05) is 36.4 Å². The van der Waals surface area contributed by atoms with Crippen molar-refractivity contribution in [1.29, 1.82) is 5.26 Å². The Kier molecular flexibility index (Phi) is 4.04. The lowest BCUT2D eigenvalue weighted by Gasteiger charge is -2.11. The first-order valence-corrected chi connectivity index (χ1v) is 6.90. The van der Waals surface area contributed by atoms with Crippen molar-refractivity contribution in [1.82, 2.24) is 5.32 Å². The van der Waals surface area contributed by atoms with Gasteiger partial charge in [0, 0.05) is 13.1 Å². The molecule has 0 aromatic heterocycles. The van der Waals surface area contributed by atoms with Crippen LogP contribution in [0.4, 0.5) is 0 Å². The van der Waals surface area contributed by atoms with Crippen molar-refractivity contribution in [2.24, 2.45) is 0 Å². The van der Waals surface area contributed by atoms with Gasteiger partial charge in [-0.2, -0.15) is 5.26 Å². The SMILES string of the molecule is N#CC(CNCc1ccc2c(c1)OCO2)c1ccccc1. The van der Waals surface area contributed by atoms with Crippen molar-refractivity contribution in [3.05, 3.63) is 59.7 Å². The molecular weight excluding hydrogens is 264 g/mol. The average Bonchev–Trinajstić information content (AvgIpc) is 3.00. The van der Waals surface area contributed by atoms with Gasteiger partial charge in [-0.05, 0) is 23.3 Å². The van der Waals surface area contributed by atoms with Gasteiger partial charge in [0.05, 0.1) is 12.0 Å². The molecule has 0 fully saturated rings. The summed E-state index contributed by atoms with van der Waals surface area (Å²) in [4.78, 5) is 0. The molecule has 0 radical (unpaired) electrons. The van der Waals surface area contributed by atoms with Gasteiger partial charge in [0.2, 0.25) is 6.79 Å². The molecule has 0 bridgehead atoms. The zero-order valence-electron chi connectivity index (χ0n) is 11.6. The normalized spacial score (nSPS) is 13.7. The van der Waals surface area contributed by atoms with Crippen LogP contribution in [0.3, 0.4) is 0 Å². The summed E-state index contributed by atoms with van der Waals surface area (Å²) in [6.45, 7) is 1.60. The van der Waals surface area contributed by atoms with Crippen molar-refractivity contribution < 1.29 is 9.47 Å². The van der Waals surface area contributed by atoms with Crippen LogP contribution in [-0.4, -0.2) is 13.3 Å². The number of ether oxygens (including phenoxy) is 2. The second-order valence-corrected chi connectivity index (χ2v) is 4.91. The largest absolute Gasteiger partial charge is 0.454 e. The molecule has 1 atom stereocenters. The molecule has 106 valence electrons. The standard InChI is InChI=1S/C17H16N2O2/c18-9-15(14-4-2-1-3-5-14)11-19-10-13-6-7-16-17(8-13)21-12-20-16/h1-8,15,19H,10-12H2. The van der Waals surface area contributed by atoms with E-state index in [9.17, 15) is 5.26 Å². The van der Waals surface area contributed by atoms with Gasteiger partial charge >= 0.3 is 0 Å². The number of hydrogen-bond donors (Lipinski definition) is 1. The van der Waals surface area contributed by atoms with Crippen LogP contribution in [0.1, 0.15) is 17.0 Å². The molecule has 1 aliphatic rings. The van der Waals surface area contributed by atoms with E-state index in [1.807, 2.05) is 48.5 Å². The first kappa shape index (κ1) is 13.5. The van der Waals surface area contributed by atoms with Crippen molar-refractivity contribution in [2.45, 2.75) is 12.5 Å². The highest BCUT2D eigenvalue weighted by Gasteiger charge is 2.13. The van der Waals surface area contributed by atoms with Gasteiger partial charge in [-0.25, -0.2) is 0 Å². The van der Waals surface area contributed by atoms with E-state index < -0.39 is 0 Å². The van der Waals surface area contributed by atoms with Crippen LogP contribution in [0.5, 0.6) is 11.5 Å². The summed E-state index contributed by atoms with van der Waals surface area (Å²) < 4.78 is 10.6. The van der Waals surface area contributed by atoms with Crippen molar-refractivity contribution in [3.63, 3.8) is 0 Å². The molecule has 1 heterocycles. The van der Waals surface area contributed by atoms with Crippen LogP contribution < -0.4 is 14.8 Å². The zero-order valence-corrected chi connectivity index (χ0v) is 11.6. The van der Waals surface area contributed by atoms with E-state index in [0.29, 0.717) is 13.1 Å². The number of nitrogens with one attached hydrogen (secondary N) is 1. The van der Waals surface area contributed by atoms with Gasteiger partial charge in [0.25, 0.3) is 0 Å². The Balaban J connectivity index is 1.57. The van der Waals surface area contributed by atoms with E-state index >= 15 is 0 Å². The molecule has 1 aliphatic heterocycles. The number of hydrogen-bond acceptors (Lipinski definition) is 4. The van der Waals surface area contributed by atoms with Crippen molar-refractivity contribution in [2.75, 3.05) is 13.3 Å². The van der Waals surface area contributed by atoms with Gasteiger partial charge < -0.3 is 14.8 Å². The van der Waals surface area contributed by atoms with E-state index in [2.05, 4.69) is 11.4 Å². The van der Waals surface area contributed by atoms with Crippen LogP contribution in [0, 0.1) is 11.3 Å². The minimum atomic E-state index is -0.139. The molecule has 21 heavy (non-hydrogen) atoms. The third-order valence-electron chi connectivity index (χ3n) is 3.47. The lowest BCUT2D eigenvalue weighted by Crippen LogP contribution is -2.20. The molecule has 2 aromatic rings. The summed E-state index contributed by atoms with van der Waals surface area (Å²) in [6, 6.07) is 18.1. The minimum absolute atomic E-state index is 0.139. The van der Waals surface area contributed by atoms with Crippen LogP contribution >= 0.6 is 0 Å². The van der Waals surface area contributed by atoms with Gasteiger partial charge in [0.1, 0.15) is 0 Å². The molecule has 2 aromatic carbocycles. The Hall–Kier alpha value is -2.51. The summed E-state index contributed by atoms with van der Waals surface area (Å²) in [6.07, 6.45) is 0. The van der Waals surface area contributed by atoms with Crippen LogP contribution in [-0.2, 0) is 6.54 Å². The van der Waals surface area contributed by atoms with Crippen LogP contribution in [0.2, 0.25) is 0 Å². The van der Waals surface area contributed by atoms with Gasteiger partial charge in [-0.3, -0.25) is 0 Å². The van der Waals surface area contributed by atoms with Crippen molar-refractivity contribution in [3.8, 4) is 17.6 Å².